The number of rotatable bonds is 3. The molecule has 2 rings (SSSR count). The van der Waals surface area contributed by atoms with E-state index in [1.165, 1.54) is 0 Å². The van der Waals surface area contributed by atoms with Gasteiger partial charge in [-0.05, 0) is 30.4 Å². The van der Waals surface area contributed by atoms with Gasteiger partial charge in [-0.3, -0.25) is 0 Å². The molecular weight excluding hydrogens is 230 g/mol. The number of nitrogens with two attached hydrogens (primary N) is 1. The van der Waals surface area contributed by atoms with Crippen LogP contribution in [0, 0.1) is 0 Å². The van der Waals surface area contributed by atoms with Crippen LogP contribution in [0.1, 0.15) is 42.9 Å². The van der Waals surface area contributed by atoms with Crippen molar-refractivity contribution >= 4 is 0 Å². The van der Waals surface area contributed by atoms with E-state index in [1.54, 1.807) is 21.3 Å². The number of fused-ring (bicyclic) bond motifs is 1. The fraction of sp³-hybridized carbons (Fsp3) is 0.571. The Hall–Kier alpha value is -1.42. The predicted octanol–water partition coefficient (Wildman–Crippen LogP) is 2.61. The summed E-state index contributed by atoms with van der Waals surface area (Å²) in [5.41, 5.74) is 8.47. The number of hydrogen-bond acceptors (Lipinski definition) is 4. The molecule has 0 saturated carbocycles. The van der Waals surface area contributed by atoms with Crippen LogP contribution in [-0.4, -0.2) is 21.3 Å². The lowest BCUT2D eigenvalue weighted by atomic mass is 9.80. The van der Waals surface area contributed by atoms with E-state index in [9.17, 15) is 0 Å². The fourth-order valence-electron chi connectivity index (χ4n) is 2.74. The molecular formula is C14H21NO3. The third-order valence-corrected chi connectivity index (χ3v) is 3.70. The van der Waals surface area contributed by atoms with E-state index in [-0.39, 0.29) is 6.04 Å². The van der Waals surface area contributed by atoms with Gasteiger partial charge < -0.3 is 19.9 Å². The first-order valence-electron chi connectivity index (χ1n) is 6.22. The van der Waals surface area contributed by atoms with Crippen molar-refractivity contribution in [3.63, 3.8) is 0 Å². The van der Waals surface area contributed by atoms with Crippen LogP contribution in [0.4, 0.5) is 0 Å². The first-order chi connectivity index (χ1) is 8.63. The Kier molecular flexibility index (Phi) is 3.66. The molecule has 2 N–H and O–H groups in total. The molecule has 1 aromatic carbocycles. The van der Waals surface area contributed by atoms with Gasteiger partial charge in [0.1, 0.15) is 0 Å². The predicted molar refractivity (Wildman–Crippen MR) is 70.7 cm³/mol. The van der Waals surface area contributed by atoms with Crippen LogP contribution in [0.2, 0.25) is 0 Å². The van der Waals surface area contributed by atoms with Crippen molar-refractivity contribution in [1.29, 1.82) is 0 Å². The van der Waals surface area contributed by atoms with E-state index in [1.807, 2.05) is 6.07 Å². The number of hydrogen-bond donors (Lipinski definition) is 1. The van der Waals surface area contributed by atoms with E-state index in [2.05, 4.69) is 6.92 Å². The number of ether oxygens (including phenoxy) is 3. The molecule has 0 heterocycles. The average molecular weight is 251 g/mol. The summed E-state index contributed by atoms with van der Waals surface area (Å²) >= 11 is 0. The molecule has 4 nitrogen and oxygen atoms in total. The minimum Gasteiger partial charge on any atom is -0.493 e. The molecule has 0 aromatic heterocycles. The second-order valence-electron chi connectivity index (χ2n) is 4.73. The highest BCUT2D eigenvalue weighted by molar-refractivity contribution is 5.61. The van der Waals surface area contributed by atoms with Crippen molar-refractivity contribution in [2.24, 2.45) is 5.73 Å². The summed E-state index contributed by atoms with van der Waals surface area (Å²) < 4.78 is 16.3. The van der Waals surface area contributed by atoms with Crippen LogP contribution in [0.5, 0.6) is 17.2 Å². The maximum atomic E-state index is 6.20. The summed E-state index contributed by atoms with van der Waals surface area (Å²) in [6.45, 7) is 2.19. The van der Waals surface area contributed by atoms with Crippen LogP contribution >= 0.6 is 0 Å². The van der Waals surface area contributed by atoms with Crippen molar-refractivity contribution in [3.05, 3.63) is 17.2 Å². The topological polar surface area (TPSA) is 53.7 Å². The molecule has 1 aliphatic carbocycles. The summed E-state index contributed by atoms with van der Waals surface area (Å²) in [5.74, 6) is 2.52. The lowest BCUT2D eigenvalue weighted by molar-refractivity contribution is 0.316. The quantitative estimate of drug-likeness (QED) is 0.897. The Balaban J connectivity index is 2.70. The van der Waals surface area contributed by atoms with Gasteiger partial charge in [-0.25, -0.2) is 0 Å². The van der Waals surface area contributed by atoms with E-state index >= 15 is 0 Å². The maximum Gasteiger partial charge on any atom is 0.203 e. The van der Waals surface area contributed by atoms with Crippen molar-refractivity contribution < 1.29 is 14.2 Å². The van der Waals surface area contributed by atoms with E-state index in [0.717, 1.165) is 29.7 Å². The second kappa shape index (κ2) is 5.06. The largest absolute Gasteiger partial charge is 0.493 e. The lowest BCUT2D eigenvalue weighted by Gasteiger charge is -2.30. The van der Waals surface area contributed by atoms with Crippen molar-refractivity contribution in [2.75, 3.05) is 21.3 Å². The molecule has 2 atom stereocenters. The summed E-state index contributed by atoms with van der Waals surface area (Å²) in [7, 11) is 4.91. The number of benzene rings is 1. The van der Waals surface area contributed by atoms with E-state index < -0.39 is 0 Å². The van der Waals surface area contributed by atoms with Crippen LogP contribution in [0.3, 0.4) is 0 Å². The molecule has 4 heteroatoms. The zero-order valence-corrected chi connectivity index (χ0v) is 11.4. The Labute approximate surface area is 108 Å². The molecule has 0 fully saturated rings. The molecule has 1 aliphatic rings. The van der Waals surface area contributed by atoms with Crippen molar-refractivity contribution in [1.82, 2.24) is 0 Å². The number of methoxy groups -OCH3 is 3. The van der Waals surface area contributed by atoms with Crippen LogP contribution in [0.25, 0.3) is 0 Å². The van der Waals surface area contributed by atoms with E-state index in [0.29, 0.717) is 17.4 Å². The SMILES string of the molecule is COc1cc2c(c(OC)c1OC)C(C)CCC2N. The van der Waals surface area contributed by atoms with Crippen LogP contribution in [-0.2, 0) is 0 Å². The van der Waals surface area contributed by atoms with E-state index in [4.69, 9.17) is 19.9 Å². The van der Waals surface area contributed by atoms with Crippen molar-refractivity contribution in [3.8, 4) is 17.2 Å². The highest BCUT2D eigenvalue weighted by Gasteiger charge is 2.30. The summed E-state index contributed by atoms with van der Waals surface area (Å²) in [5, 5.41) is 0. The molecule has 100 valence electrons. The maximum absolute atomic E-state index is 6.20. The first kappa shape index (κ1) is 13.0. The van der Waals surface area contributed by atoms with Crippen LogP contribution in [0.15, 0.2) is 6.07 Å². The molecule has 0 saturated heterocycles. The Morgan fingerprint density at radius 3 is 2.28 bits per heavy atom. The molecule has 0 amide bonds. The third kappa shape index (κ3) is 1.90. The smallest absolute Gasteiger partial charge is 0.203 e. The second-order valence-corrected chi connectivity index (χ2v) is 4.73. The summed E-state index contributed by atoms with van der Waals surface area (Å²) in [6.07, 6.45) is 2.06. The first-order valence-corrected chi connectivity index (χ1v) is 6.22. The van der Waals surface area contributed by atoms with Gasteiger partial charge in [0, 0.05) is 11.6 Å². The molecule has 0 aliphatic heterocycles. The third-order valence-electron chi connectivity index (χ3n) is 3.70. The van der Waals surface area contributed by atoms with Gasteiger partial charge in [-0.1, -0.05) is 6.92 Å². The van der Waals surface area contributed by atoms with Gasteiger partial charge in [0.2, 0.25) is 5.75 Å². The molecule has 0 spiro atoms. The van der Waals surface area contributed by atoms with Crippen LogP contribution < -0.4 is 19.9 Å². The highest BCUT2D eigenvalue weighted by Crippen LogP contribution is 2.49. The summed E-state index contributed by atoms with van der Waals surface area (Å²) in [4.78, 5) is 0. The monoisotopic (exact) mass is 251 g/mol. The minimum atomic E-state index is 0.0462. The zero-order chi connectivity index (χ0) is 13.3. The Bertz CT molecular complexity index is 445. The Morgan fingerprint density at radius 2 is 1.72 bits per heavy atom. The molecule has 1 aromatic rings. The summed E-state index contributed by atoms with van der Waals surface area (Å²) in [6, 6.07) is 2.03. The van der Waals surface area contributed by atoms with Gasteiger partial charge in [0.05, 0.1) is 21.3 Å². The van der Waals surface area contributed by atoms with Gasteiger partial charge >= 0.3 is 0 Å². The zero-order valence-electron chi connectivity index (χ0n) is 11.4. The normalized spacial score (nSPS) is 22.3. The lowest BCUT2D eigenvalue weighted by Crippen LogP contribution is -2.20. The fourth-order valence-corrected chi connectivity index (χ4v) is 2.74. The van der Waals surface area contributed by atoms with Gasteiger partial charge in [0.25, 0.3) is 0 Å². The molecule has 18 heavy (non-hydrogen) atoms. The average Bonchev–Trinajstić information content (AvgIpc) is 2.40. The highest BCUT2D eigenvalue weighted by atomic mass is 16.5. The molecule has 0 radical (unpaired) electrons. The Morgan fingerprint density at radius 1 is 1.06 bits per heavy atom. The van der Waals surface area contributed by atoms with Gasteiger partial charge in [-0.15, -0.1) is 0 Å². The molecule has 2 unspecified atom stereocenters. The van der Waals surface area contributed by atoms with Crippen molar-refractivity contribution in [2.45, 2.75) is 31.7 Å². The van der Waals surface area contributed by atoms with Gasteiger partial charge in [0.15, 0.2) is 11.5 Å². The van der Waals surface area contributed by atoms with Gasteiger partial charge in [-0.2, -0.15) is 0 Å². The minimum absolute atomic E-state index is 0.0462. The standard InChI is InChI=1S/C14H21NO3/c1-8-5-6-10(15)9-7-11(16-2)13(17-3)14(18-4)12(8)9/h7-8,10H,5-6,15H2,1-4H3. The molecule has 0 bridgehead atoms.